The van der Waals surface area contributed by atoms with Crippen LogP contribution in [0, 0.1) is 0 Å². The van der Waals surface area contributed by atoms with Gasteiger partial charge in [-0.05, 0) is 24.3 Å². The fourth-order valence-electron chi connectivity index (χ4n) is 2.00. The zero-order valence-electron chi connectivity index (χ0n) is 9.61. The molecule has 3 rings (SSSR count). The van der Waals surface area contributed by atoms with Gasteiger partial charge in [0.1, 0.15) is 5.75 Å². The number of rotatable bonds is 2. The molecule has 0 saturated carbocycles. The van der Waals surface area contributed by atoms with E-state index in [1.807, 2.05) is 28.7 Å². The number of phenols is 1. The predicted octanol–water partition coefficient (Wildman–Crippen LogP) is 1.56. The molecule has 0 aliphatic heterocycles. The lowest BCUT2D eigenvalue weighted by molar-refractivity contribution is 0.477. The van der Waals surface area contributed by atoms with E-state index in [-0.39, 0.29) is 5.75 Å². The monoisotopic (exact) mass is 240 g/mol. The number of benzene rings is 1. The second kappa shape index (κ2) is 4.12. The van der Waals surface area contributed by atoms with Gasteiger partial charge in [0.15, 0.2) is 11.5 Å². The highest BCUT2D eigenvalue weighted by atomic mass is 16.3. The largest absolute Gasteiger partial charge is 0.507 e. The van der Waals surface area contributed by atoms with Gasteiger partial charge >= 0.3 is 0 Å². The summed E-state index contributed by atoms with van der Waals surface area (Å²) in [7, 11) is 0. The minimum atomic E-state index is 0.179. The first-order valence-corrected chi connectivity index (χ1v) is 5.62. The third-order valence-electron chi connectivity index (χ3n) is 2.86. The second-order valence-corrected chi connectivity index (χ2v) is 3.96. The van der Waals surface area contributed by atoms with Gasteiger partial charge in [-0.15, -0.1) is 10.2 Å². The Balaban J connectivity index is 2.34. The van der Waals surface area contributed by atoms with Gasteiger partial charge in [-0.25, -0.2) is 0 Å². The molecule has 0 amide bonds. The van der Waals surface area contributed by atoms with Crippen molar-refractivity contribution in [1.29, 1.82) is 0 Å². The number of fused-ring (bicyclic) bond motifs is 1. The maximum Gasteiger partial charge on any atom is 0.172 e. The molecule has 0 aliphatic carbocycles. The van der Waals surface area contributed by atoms with Crippen LogP contribution in [0.4, 0.5) is 0 Å². The summed E-state index contributed by atoms with van der Waals surface area (Å²) >= 11 is 0. The lowest BCUT2D eigenvalue weighted by Crippen LogP contribution is -2.04. The average Bonchev–Trinajstić information content (AvgIpc) is 2.83. The van der Waals surface area contributed by atoms with Crippen molar-refractivity contribution in [3.05, 3.63) is 48.2 Å². The molecule has 0 aliphatic rings. The van der Waals surface area contributed by atoms with Crippen LogP contribution >= 0.6 is 0 Å². The Morgan fingerprint density at radius 1 is 1.06 bits per heavy atom. The van der Waals surface area contributed by atoms with E-state index in [0.29, 0.717) is 17.9 Å². The van der Waals surface area contributed by atoms with Crippen LogP contribution in [0.3, 0.4) is 0 Å². The molecule has 0 radical (unpaired) electrons. The fraction of sp³-hybridized carbons (Fsp3) is 0.0769. The van der Waals surface area contributed by atoms with Crippen LogP contribution in [0.25, 0.3) is 17.0 Å². The zero-order valence-corrected chi connectivity index (χ0v) is 9.61. The van der Waals surface area contributed by atoms with Crippen LogP contribution in [-0.2, 0) is 6.54 Å². The van der Waals surface area contributed by atoms with Gasteiger partial charge in [0.2, 0.25) is 0 Å². The molecule has 2 heterocycles. The van der Waals surface area contributed by atoms with Crippen LogP contribution in [0.1, 0.15) is 5.69 Å². The number of nitrogens with two attached hydrogens (primary N) is 1. The van der Waals surface area contributed by atoms with Gasteiger partial charge in [0.05, 0.1) is 5.56 Å². The molecule has 5 heteroatoms. The van der Waals surface area contributed by atoms with Gasteiger partial charge in [0, 0.05) is 12.2 Å². The summed E-state index contributed by atoms with van der Waals surface area (Å²) in [6.45, 7) is 0.385. The fourth-order valence-corrected chi connectivity index (χ4v) is 2.00. The highest BCUT2D eigenvalue weighted by Gasteiger charge is 2.13. The molecule has 90 valence electrons. The quantitative estimate of drug-likeness (QED) is 0.712. The first-order chi connectivity index (χ1) is 8.81. The summed E-state index contributed by atoms with van der Waals surface area (Å²) in [4.78, 5) is 0. The Bertz CT molecular complexity index is 705. The number of phenolic OH excluding ortho intramolecular Hbond substituents is 1. The Hall–Kier alpha value is -2.40. The first-order valence-electron chi connectivity index (χ1n) is 5.62. The summed E-state index contributed by atoms with van der Waals surface area (Å²) in [6, 6.07) is 12.7. The average molecular weight is 240 g/mol. The lowest BCUT2D eigenvalue weighted by atomic mass is 10.2. The number of aromatic nitrogens is 3. The van der Waals surface area contributed by atoms with Crippen LogP contribution < -0.4 is 5.73 Å². The summed E-state index contributed by atoms with van der Waals surface area (Å²) in [6.07, 6.45) is 0. The lowest BCUT2D eigenvalue weighted by Gasteiger charge is -2.06. The number of para-hydroxylation sites is 1. The van der Waals surface area contributed by atoms with Crippen molar-refractivity contribution in [2.75, 3.05) is 0 Å². The van der Waals surface area contributed by atoms with Gasteiger partial charge < -0.3 is 10.8 Å². The van der Waals surface area contributed by atoms with E-state index in [0.717, 1.165) is 11.3 Å². The Morgan fingerprint density at radius 3 is 2.67 bits per heavy atom. The van der Waals surface area contributed by atoms with Crippen molar-refractivity contribution in [2.45, 2.75) is 6.54 Å². The van der Waals surface area contributed by atoms with E-state index in [2.05, 4.69) is 10.2 Å². The molecule has 5 nitrogen and oxygen atoms in total. The molecule has 0 spiro atoms. The van der Waals surface area contributed by atoms with E-state index in [1.54, 1.807) is 18.2 Å². The van der Waals surface area contributed by atoms with Gasteiger partial charge in [-0.2, -0.15) is 0 Å². The molecule has 0 bridgehead atoms. The summed E-state index contributed by atoms with van der Waals surface area (Å²) in [5.41, 5.74) is 7.98. The molecular formula is C13H12N4O. The molecule has 2 aromatic heterocycles. The van der Waals surface area contributed by atoms with Gasteiger partial charge in [-0.3, -0.25) is 4.40 Å². The Morgan fingerprint density at radius 2 is 1.89 bits per heavy atom. The van der Waals surface area contributed by atoms with E-state index in [4.69, 9.17) is 5.73 Å². The number of hydrogen-bond donors (Lipinski definition) is 2. The third kappa shape index (κ3) is 1.53. The van der Waals surface area contributed by atoms with Crippen molar-refractivity contribution in [2.24, 2.45) is 5.73 Å². The maximum atomic E-state index is 9.89. The SMILES string of the molecule is NCc1cccc2nnc(-c3ccccc3O)n12. The maximum absolute atomic E-state index is 9.89. The Labute approximate surface area is 104 Å². The molecule has 0 atom stereocenters. The van der Waals surface area contributed by atoms with Crippen molar-refractivity contribution in [3.8, 4) is 17.1 Å². The second-order valence-electron chi connectivity index (χ2n) is 3.96. The molecule has 18 heavy (non-hydrogen) atoms. The molecule has 0 saturated heterocycles. The Kier molecular flexibility index (Phi) is 2.46. The molecule has 3 aromatic rings. The third-order valence-corrected chi connectivity index (χ3v) is 2.86. The van der Waals surface area contributed by atoms with E-state index in [1.165, 1.54) is 0 Å². The van der Waals surface area contributed by atoms with Crippen molar-refractivity contribution >= 4 is 5.65 Å². The first kappa shape index (κ1) is 10.7. The number of hydrogen-bond acceptors (Lipinski definition) is 4. The summed E-state index contributed by atoms with van der Waals surface area (Å²) in [5.74, 6) is 0.780. The topological polar surface area (TPSA) is 76.4 Å². The van der Waals surface area contributed by atoms with Gasteiger partial charge in [0.25, 0.3) is 0 Å². The summed E-state index contributed by atoms with van der Waals surface area (Å²) in [5, 5.41) is 18.1. The van der Waals surface area contributed by atoms with Crippen LogP contribution in [0.15, 0.2) is 42.5 Å². The molecule has 0 unspecified atom stereocenters. The van der Waals surface area contributed by atoms with E-state index in [9.17, 15) is 5.11 Å². The van der Waals surface area contributed by atoms with E-state index >= 15 is 0 Å². The van der Waals surface area contributed by atoms with Gasteiger partial charge in [-0.1, -0.05) is 18.2 Å². The standard InChI is InChI=1S/C13H12N4O/c14-8-9-4-3-7-12-15-16-13(17(9)12)10-5-1-2-6-11(10)18/h1-7,18H,8,14H2. The number of pyridine rings is 1. The van der Waals surface area contributed by atoms with Crippen LogP contribution in [0.5, 0.6) is 5.75 Å². The van der Waals surface area contributed by atoms with E-state index < -0.39 is 0 Å². The molecule has 0 fully saturated rings. The highest BCUT2D eigenvalue weighted by molar-refractivity contribution is 5.66. The van der Waals surface area contributed by atoms with Crippen molar-refractivity contribution in [3.63, 3.8) is 0 Å². The van der Waals surface area contributed by atoms with Crippen molar-refractivity contribution in [1.82, 2.24) is 14.6 Å². The normalized spacial score (nSPS) is 10.9. The molecule has 1 aromatic carbocycles. The minimum absolute atomic E-state index is 0.179. The smallest absolute Gasteiger partial charge is 0.172 e. The summed E-state index contributed by atoms with van der Waals surface area (Å²) < 4.78 is 1.86. The number of nitrogens with zero attached hydrogens (tertiary/aromatic N) is 3. The number of aromatic hydroxyl groups is 1. The zero-order chi connectivity index (χ0) is 12.5. The van der Waals surface area contributed by atoms with Crippen LogP contribution in [0.2, 0.25) is 0 Å². The minimum Gasteiger partial charge on any atom is -0.507 e. The van der Waals surface area contributed by atoms with Crippen molar-refractivity contribution < 1.29 is 5.11 Å². The highest BCUT2D eigenvalue weighted by Crippen LogP contribution is 2.28. The molecule has 3 N–H and O–H groups in total. The van der Waals surface area contributed by atoms with Crippen LogP contribution in [-0.4, -0.2) is 19.7 Å². The predicted molar refractivity (Wildman–Crippen MR) is 68.0 cm³/mol. The molecular weight excluding hydrogens is 228 g/mol.